The van der Waals surface area contributed by atoms with Gasteiger partial charge in [0.05, 0.1) is 11.5 Å². The summed E-state index contributed by atoms with van der Waals surface area (Å²) in [6.45, 7) is 0.782. The van der Waals surface area contributed by atoms with Crippen molar-refractivity contribution in [3.8, 4) is 0 Å². The number of aliphatic hydroxyl groups is 1. The molecule has 1 saturated heterocycles. The number of nitrogen functional groups attached to an aromatic ring is 1. The Hall–Kier alpha value is -1.70. The van der Waals surface area contributed by atoms with Gasteiger partial charge in [-0.2, -0.15) is 0 Å². The lowest BCUT2D eigenvalue weighted by Gasteiger charge is -2.19. The van der Waals surface area contributed by atoms with Gasteiger partial charge in [-0.05, 0) is 20.2 Å². The minimum atomic E-state index is -0.549. The van der Waals surface area contributed by atoms with Crippen LogP contribution in [-0.4, -0.2) is 57.4 Å². The summed E-state index contributed by atoms with van der Waals surface area (Å²) in [4.78, 5) is 10.3. The number of nitrogens with zero attached hydrogens (tertiary/aromatic N) is 4. The third kappa shape index (κ3) is 2.24. The molecule has 7 heteroatoms. The molecule has 1 aliphatic heterocycles. The average molecular weight is 277 g/mol. The van der Waals surface area contributed by atoms with Crippen molar-refractivity contribution in [1.29, 1.82) is 0 Å². The number of hydrogen-bond donors (Lipinski definition) is 2. The van der Waals surface area contributed by atoms with Gasteiger partial charge in [-0.15, -0.1) is 0 Å². The third-order valence-corrected chi connectivity index (χ3v) is 3.55. The molecule has 1 fully saturated rings. The molecule has 0 radical (unpaired) electrons. The zero-order valence-electron chi connectivity index (χ0n) is 11.6. The molecule has 2 aromatic heterocycles. The van der Waals surface area contributed by atoms with Crippen LogP contribution in [0.15, 0.2) is 18.6 Å². The topological polar surface area (TPSA) is 89.4 Å². The molecule has 7 nitrogen and oxygen atoms in total. The van der Waals surface area contributed by atoms with E-state index >= 15 is 0 Å². The van der Waals surface area contributed by atoms with Crippen molar-refractivity contribution in [3.63, 3.8) is 0 Å². The number of likely N-dealkylation sites (N-methyl/N-ethyl adjacent to an activating group) is 1. The van der Waals surface area contributed by atoms with E-state index in [9.17, 15) is 5.11 Å². The zero-order chi connectivity index (χ0) is 14.3. The van der Waals surface area contributed by atoms with E-state index in [1.807, 2.05) is 35.8 Å². The number of aromatic nitrogens is 3. The van der Waals surface area contributed by atoms with Crippen LogP contribution in [0.25, 0.3) is 11.0 Å². The fourth-order valence-electron chi connectivity index (χ4n) is 2.70. The summed E-state index contributed by atoms with van der Waals surface area (Å²) in [7, 11) is 3.98. The molecule has 3 heterocycles. The van der Waals surface area contributed by atoms with Crippen molar-refractivity contribution in [2.24, 2.45) is 0 Å². The van der Waals surface area contributed by atoms with Gasteiger partial charge in [0.15, 0.2) is 6.23 Å². The minimum Gasteiger partial charge on any atom is -0.388 e. The smallest absolute Gasteiger partial charge is 0.161 e. The van der Waals surface area contributed by atoms with Gasteiger partial charge in [-0.1, -0.05) is 0 Å². The molecule has 2 aromatic rings. The lowest BCUT2D eigenvalue weighted by atomic mass is 10.2. The molecule has 3 N–H and O–H groups in total. The first-order valence-corrected chi connectivity index (χ1v) is 6.61. The van der Waals surface area contributed by atoms with E-state index < -0.39 is 12.3 Å². The largest absolute Gasteiger partial charge is 0.388 e. The molecule has 0 spiro atoms. The lowest BCUT2D eigenvalue weighted by Crippen LogP contribution is -2.25. The Morgan fingerprint density at radius 2 is 2.30 bits per heavy atom. The van der Waals surface area contributed by atoms with E-state index in [4.69, 9.17) is 10.5 Å². The number of fused-ring (bicyclic) bond motifs is 1. The van der Waals surface area contributed by atoms with Crippen molar-refractivity contribution in [2.45, 2.75) is 24.9 Å². The Bertz CT molecular complexity index is 612. The highest BCUT2D eigenvalue weighted by atomic mass is 16.5. The molecule has 1 aliphatic rings. The summed E-state index contributed by atoms with van der Waals surface area (Å²) < 4.78 is 7.77. The van der Waals surface area contributed by atoms with E-state index in [0.717, 1.165) is 11.9 Å². The van der Waals surface area contributed by atoms with Gasteiger partial charge in [0.25, 0.3) is 0 Å². The zero-order valence-corrected chi connectivity index (χ0v) is 11.6. The van der Waals surface area contributed by atoms with Crippen LogP contribution >= 0.6 is 0 Å². The first kappa shape index (κ1) is 13.3. The molecular weight excluding hydrogens is 258 g/mol. The molecule has 108 valence electrons. The van der Waals surface area contributed by atoms with Crippen LogP contribution in [0.4, 0.5) is 5.82 Å². The second-order valence-corrected chi connectivity index (χ2v) is 5.43. The average Bonchev–Trinajstić information content (AvgIpc) is 2.93. The predicted molar refractivity (Wildman–Crippen MR) is 75.0 cm³/mol. The summed E-state index contributed by atoms with van der Waals surface area (Å²) >= 11 is 0. The standard InChI is InChI=1S/C13H19N5O2/c1-17(2)6-8-5-10(19)13(20-8)18-4-3-9-11(14)15-7-16-12(9)18/h3-4,7-8,10,13,19H,5-6H2,1-2H3,(H2,14,15,16)/t8-,10+,13+/m0/s1. The van der Waals surface area contributed by atoms with E-state index in [0.29, 0.717) is 17.9 Å². The maximum atomic E-state index is 10.2. The number of ether oxygens (including phenoxy) is 1. The Morgan fingerprint density at radius 3 is 3.05 bits per heavy atom. The molecule has 0 saturated carbocycles. The first-order chi connectivity index (χ1) is 9.56. The molecule has 0 aliphatic carbocycles. The van der Waals surface area contributed by atoms with E-state index in [-0.39, 0.29) is 6.10 Å². The van der Waals surface area contributed by atoms with Crippen molar-refractivity contribution < 1.29 is 9.84 Å². The van der Waals surface area contributed by atoms with Gasteiger partial charge in [0.1, 0.15) is 23.9 Å². The number of nitrogens with two attached hydrogens (primary N) is 1. The van der Waals surface area contributed by atoms with E-state index in [1.54, 1.807) is 0 Å². The van der Waals surface area contributed by atoms with Crippen molar-refractivity contribution in [3.05, 3.63) is 18.6 Å². The van der Waals surface area contributed by atoms with Crippen molar-refractivity contribution in [2.75, 3.05) is 26.4 Å². The highest BCUT2D eigenvalue weighted by molar-refractivity contribution is 5.86. The highest BCUT2D eigenvalue weighted by Crippen LogP contribution is 2.32. The Kier molecular flexibility index (Phi) is 3.33. The molecule has 0 aromatic carbocycles. The van der Waals surface area contributed by atoms with Gasteiger partial charge >= 0.3 is 0 Å². The number of anilines is 1. The summed E-state index contributed by atoms with van der Waals surface area (Å²) in [5, 5.41) is 11.0. The fourth-order valence-corrected chi connectivity index (χ4v) is 2.70. The quantitative estimate of drug-likeness (QED) is 0.834. The molecule has 0 unspecified atom stereocenters. The molecule has 0 amide bonds. The van der Waals surface area contributed by atoms with Gasteiger partial charge in [0, 0.05) is 19.2 Å². The normalized spacial score (nSPS) is 26.7. The second kappa shape index (κ2) is 5.01. The maximum Gasteiger partial charge on any atom is 0.161 e. The molecule has 3 rings (SSSR count). The number of rotatable bonds is 3. The van der Waals surface area contributed by atoms with E-state index in [1.165, 1.54) is 6.33 Å². The first-order valence-electron chi connectivity index (χ1n) is 6.61. The van der Waals surface area contributed by atoms with Crippen LogP contribution in [0.3, 0.4) is 0 Å². The van der Waals surface area contributed by atoms with Gasteiger partial charge in [-0.3, -0.25) is 0 Å². The molecular formula is C13H19N5O2. The Morgan fingerprint density at radius 1 is 1.50 bits per heavy atom. The van der Waals surface area contributed by atoms with Gasteiger partial charge in [-0.25, -0.2) is 9.97 Å². The Labute approximate surface area is 117 Å². The lowest BCUT2D eigenvalue weighted by molar-refractivity contribution is -0.0397. The fraction of sp³-hybridized carbons (Fsp3) is 0.538. The number of hydrogen-bond acceptors (Lipinski definition) is 6. The van der Waals surface area contributed by atoms with Gasteiger partial charge < -0.3 is 25.0 Å². The SMILES string of the molecule is CN(C)C[C@@H]1C[C@@H](O)[C@H](n2ccc3c(N)ncnc32)O1. The van der Waals surface area contributed by atoms with Crippen molar-refractivity contribution in [1.82, 2.24) is 19.4 Å². The highest BCUT2D eigenvalue weighted by Gasteiger charge is 2.36. The molecule has 20 heavy (non-hydrogen) atoms. The van der Waals surface area contributed by atoms with Crippen LogP contribution in [0.2, 0.25) is 0 Å². The number of aliphatic hydroxyl groups excluding tert-OH is 1. The maximum absolute atomic E-state index is 10.2. The van der Waals surface area contributed by atoms with Crippen LogP contribution in [0.1, 0.15) is 12.6 Å². The monoisotopic (exact) mass is 277 g/mol. The minimum absolute atomic E-state index is 0.0154. The Balaban J connectivity index is 1.90. The van der Waals surface area contributed by atoms with Crippen LogP contribution in [-0.2, 0) is 4.74 Å². The van der Waals surface area contributed by atoms with Crippen LogP contribution in [0, 0.1) is 0 Å². The summed E-state index contributed by atoms with van der Waals surface area (Å²) in [6, 6.07) is 1.85. The van der Waals surface area contributed by atoms with Gasteiger partial charge in [0.2, 0.25) is 0 Å². The second-order valence-electron chi connectivity index (χ2n) is 5.43. The summed E-state index contributed by atoms with van der Waals surface area (Å²) in [5.74, 6) is 0.436. The van der Waals surface area contributed by atoms with Crippen LogP contribution < -0.4 is 5.73 Å². The summed E-state index contributed by atoms with van der Waals surface area (Å²) in [6.07, 6.45) is 2.91. The third-order valence-electron chi connectivity index (χ3n) is 3.55. The summed E-state index contributed by atoms with van der Waals surface area (Å²) in [5.41, 5.74) is 6.51. The van der Waals surface area contributed by atoms with Crippen molar-refractivity contribution >= 4 is 16.9 Å². The van der Waals surface area contributed by atoms with Crippen LogP contribution in [0.5, 0.6) is 0 Å². The van der Waals surface area contributed by atoms with E-state index in [2.05, 4.69) is 9.97 Å². The molecule has 3 atom stereocenters. The molecule has 0 bridgehead atoms. The predicted octanol–water partition coefficient (Wildman–Crippen LogP) is 0.223.